The summed E-state index contributed by atoms with van der Waals surface area (Å²) in [6.45, 7) is 0. The Bertz CT molecular complexity index is 743. The molecule has 1 fully saturated rings. The van der Waals surface area contributed by atoms with Crippen molar-refractivity contribution in [2.75, 3.05) is 0 Å². The monoisotopic (exact) mass is 349 g/mol. The molecule has 1 unspecified atom stereocenters. The van der Waals surface area contributed by atoms with Gasteiger partial charge >= 0.3 is 0 Å². The van der Waals surface area contributed by atoms with E-state index in [0.29, 0.717) is 11.3 Å². The number of benzene rings is 1. The van der Waals surface area contributed by atoms with Crippen molar-refractivity contribution in [1.29, 1.82) is 0 Å². The molecule has 0 saturated heterocycles. The SMILES string of the molecule is ClC1=NC(c2cn(C3CC3)c3ccccc23)C(Br)=CN1. The molecule has 2 aliphatic rings. The predicted octanol–water partition coefficient (Wildman–Crippen LogP) is 4.45. The highest BCUT2D eigenvalue weighted by atomic mass is 79.9. The average molecular weight is 351 g/mol. The minimum Gasteiger partial charge on any atom is -0.344 e. The number of fused-ring (bicyclic) bond motifs is 1. The smallest absolute Gasteiger partial charge is 0.196 e. The van der Waals surface area contributed by atoms with Gasteiger partial charge in [-0.2, -0.15) is 0 Å². The third-order valence-corrected chi connectivity index (χ3v) is 4.71. The molecule has 0 radical (unpaired) electrons. The number of aliphatic imine (C=N–C) groups is 1. The van der Waals surface area contributed by atoms with Gasteiger partial charge in [0.1, 0.15) is 6.04 Å². The minimum atomic E-state index is -0.0614. The van der Waals surface area contributed by atoms with Gasteiger partial charge in [0.15, 0.2) is 5.29 Å². The van der Waals surface area contributed by atoms with Crippen LogP contribution in [0, 0.1) is 0 Å². The van der Waals surface area contributed by atoms with E-state index in [9.17, 15) is 0 Å². The molecule has 2 aromatic rings. The summed E-state index contributed by atoms with van der Waals surface area (Å²) in [6.07, 6.45) is 6.64. The third kappa shape index (κ3) is 1.98. The van der Waals surface area contributed by atoms with Crippen LogP contribution in [0.3, 0.4) is 0 Å². The van der Waals surface area contributed by atoms with E-state index in [-0.39, 0.29) is 6.04 Å². The molecule has 1 atom stereocenters. The Kier molecular flexibility index (Phi) is 2.89. The van der Waals surface area contributed by atoms with Crippen LogP contribution < -0.4 is 5.32 Å². The maximum Gasteiger partial charge on any atom is 0.196 e. The van der Waals surface area contributed by atoms with E-state index in [1.54, 1.807) is 0 Å². The lowest BCUT2D eigenvalue weighted by Crippen LogP contribution is -2.18. The first-order valence-corrected chi connectivity index (χ1v) is 7.86. The lowest BCUT2D eigenvalue weighted by Gasteiger charge is -2.16. The first kappa shape index (κ1) is 12.5. The maximum atomic E-state index is 6.03. The van der Waals surface area contributed by atoms with E-state index < -0.39 is 0 Å². The highest BCUT2D eigenvalue weighted by Crippen LogP contribution is 2.42. The Morgan fingerprint density at radius 3 is 2.90 bits per heavy atom. The summed E-state index contributed by atoms with van der Waals surface area (Å²) < 4.78 is 3.39. The van der Waals surface area contributed by atoms with Gasteiger partial charge in [0.25, 0.3) is 0 Å². The van der Waals surface area contributed by atoms with Crippen LogP contribution in [0.1, 0.15) is 30.5 Å². The molecular formula is C15H13BrClN3. The molecule has 20 heavy (non-hydrogen) atoms. The van der Waals surface area contributed by atoms with Crippen molar-refractivity contribution in [2.45, 2.75) is 24.9 Å². The number of para-hydroxylation sites is 1. The third-order valence-electron chi connectivity index (χ3n) is 3.84. The fourth-order valence-electron chi connectivity index (χ4n) is 2.74. The molecule has 1 aliphatic heterocycles. The molecule has 1 saturated carbocycles. The number of rotatable bonds is 2. The van der Waals surface area contributed by atoms with Crippen LogP contribution in [-0.2, 0) is 0 Å². The summed E-state index contributed by atoms with van der Waals surface area (Å²) in [5, 5.41) is 4.61. The number of hydrogen-bond acceptors (Lipinski definition) is 2. The van der Waals surface area contributed by atoms with Gasteiger partial charge in [-0.1, -0.05) is 34.1 Å². The molecule has 0 spiro atoms. The number of halogens is 2. The van der Waals surface area contributed by atoms with Crippen molar-refractivity contribution in [3.8, 4) is 0 Å². The van der Waals surface area contributed by atoms with Crippen molar-refractivity contribution in [1.82, 2.24) is 9.88 Å². The molecule has 0 amide bonds. The summed E-state index contributed by atoms with van der Waals surface area (Å²) in [4.78, 5) is 4.52. The van der Waals surface area contributed by atoms with Crippen molar-refractivity contribution in [3.63, 3.8) is 0 Å². The number of aromatic nitrogens is 1. The van der Waals surface area contributed by atoms with Crippen LogP contribution >= 0.6 is 27.5 Å². The van der Waals surface area contributed by atoms with E-state index in [0.717, 1.165) is 4.48 Å². The van der Waals surface area contributed by atoms with Gasteiger partial charge in [0.05, 0.1) is 0 Å². The Hall–Kier alpha value is -1.26. The standard InChI is InChI=1S/C15H13BrClN3/c16-12-7-18-15(17)19-14(12)11-8-20(9-5-6-9)13-4-2-1-3-10(11)13/h1-4,7-9,14H,5-6H2,(H,18,19). The second kappa shape index (κ2) is 4.64. The zero-order chi connectivity index (χ0) is 13.7. The molecule has 3 nitrogen and oxygen atoms in total. The van der Waals surface area contributed by atoms with Crippen LogP contribution in [0.2, 0.25) is 0 Å². The molecule has 2 heterocycles. The summed E-state index contributed by atoms with van der Waals surface area (Å²) in [5.41, 5.74) is 2.49. The van der Waals surface area contributed by atoms with E-state index in [1.165, 1.54) is 29.3 Å². The van der Waals surface area contributed by atoms with Crippen LogP contribution in [0.5, 0.6) is 0 Å². The molecule has 1 N–H and O–H groups in total. The summed E-state index contributed by atoms with van der Waals surface area (Å²) in [5.74, 6) is 0. The average Bonchev–Trinajstić information content (AvgIpc) is 3.23. The first-order valence-electron chi connectivity index (χ1n) is 6.69. The Morgan fingerprint density at radius 2 is 2.10 bits per heavy atom. The van der Waals surface area contributed by atoms with Crippen LogP contribution in [0.15, 0.2) is 46.1 Å². The van der Waals surface area contributed by atoms with Crippen molar-refractivity contribution >= 4 is 43.7 Å². The lowest BCUT2D eigenvalue weighted by molar-refractivity contribution is 0.763. The van der Waals surface area contributed by atoms with Crippen molar-refractivity contribution < 1.29 is 0 Å². The minimum absolute atomic E-state index is 0.0614. The van der Waals surface area contributed by atoms with Crippen LogP contribution in [0.4, 0.5) is 0 Å². The normalized spacial score (nSPS) is 22.4. The van der Waals surface area contributed by atoms with Crippen molar-refractivity contribution in [2.24, 2.45) is 4.99 Å². The summed E-state index contributed by atoms with van der Waals surface area (Å²) in [6, 6.07) is 9.10. The second-order valence-corrected chi connectivity index (χ2v) is 6.51. The van der Waals surface area contributed by atoms with E-state index >= 15 is 0 Å². The number of nitrogens with one attached hydrogen (secondary N) is 1. The van der Waals surface area contributed by atoms with Gasteiger partial charge in [0.2, 0.25) is 0 Å². The molecule has 102 valence electrons. The van der Waals surface area contributed by atoms with E-state index in [4.69, 9.17) is 11.6 Å². The molecular weight excluding hydrogens is 338 g/mol. The van der Waals surface area contributed by atoms with Gasteiger partial charge in [-0.25, -0.2) is 4.99 Å². The summed E-state index contributed by atoms with van der Waals surface area (Å²) in [7, 11) is 0. The topological polar surface area (TPSA) is 29.3 Å². The predicted molar refractivity (Wildman–Crippen MR) is 86.4 cm³/mol. The highest BCUT2D eigenvalue weighted by molar-refractivity contribution is 9.11. The second-order valence-electron chi connectivity index (χ2n) is 5.24. The van der Waals surface area contributed by atoms with E-state index in [1.807, 2.05) is 6.20 Å². The lowest BCUT2D eigenvalue weighted by atomic mass is 10.1. The number of hydrogen-bond donors (Lipinski definition) is 1. The number of nitrogens with zero attached hydrogens (tertiary/aromatic N) is 2. The molecule has 1 aliphatic carbocycles. The van der Waals surface area contributed by atoms with Gasteiger partial charge in [0, 0.05) is 39.4 Å². The zero-order valence-electron chi connectivity index (χ0n) is 10.7. The van der Waals surface area contributed by atoms with E-state index in [2.05, 4.69) is 61.3 Å². The van der Waals surface area contributed by atoms with Gasteiger partial charge < -0.3 is 9.88 Å². The van der Waals surface area contributed by atoms with Gasteiger partial charge in [-0.3, -0.25) is 0 Å². The first-order chi connectivity index (χ1) is 9.74. The quantitative estimate of drug-likeness (QED) is 0.797. The maximum absolute atomic E-state index is 6.03. The largest absolute Gasteiger partial charge is 0.344 e. The van der Waals surface area contributed by atoms with Gasteiger partial charge in [-0.05, 0) is 30.5 Å². The molecule has 1 aromatic heterocycles. The molecule has 1 aromatic carbocycles. The van der Waals surface area contributed by atoms with Crippen LogP contribution in [0.25, 0.3) is 10.9 Å². The molecule has 0 bridgehead atoms. The zero-order valence-corrected chi connectivity index (χ0v) is 13.0. The highest BCUT2D eigenvalue weighted by Gasteiger charge is 2.28. The number of amidine groups is 1. The van der Waals surface area contributed by atoms with Gasteiger partial charge in [-0.15, -0.1) is 0 Å². The Balaban J connectivity index is 1.91. The van der Waals surface area contributed by atoms with Crippen LogP contribution in [-0.4, -0.2) is 9.86 Å². The Morgan fingerprint density at radius 1 is 1.30 bits per heavy atom. The molecule has 4 rings (SSSR count). The van der Waals surface area contributed by atoms with Crippen molar-refractivity contribution in [3.05, 3.63) is 46.7 Å². The fourth-order valence-corrected chi connectivity index (χ4v) is 3.36. The fraction of sp³-hybridized carbons (Fsp3) is 0.267. The summed E-state index contributed by atoms with van der Waals surface area (Å²) >= 11 is 9.62. The molecule has 5 heteroatoms. The Labute approximate surface area is 130 Å².